The smallest absolute Gasteiger partial charge is 0.321 e. The second-order valence-corrected chi connectivity index (χ2v) is 4.11. The molecule has 3 aromatic heterocycles. The van der Waals surface area contributed by atoms with Gasteiger partial charge in [-0.1, -0.05) is 0 Å². The first kappa shape index (κ1) is 13.9. The predicted octanol–water partition coefficient (Wildman–Crippen LogP) is 2.21. The molecule has 3 aromatic rings. The molecule has 0 aliphatic carbocycles. The third kappa shape index (κ3) is 3.00. The molecule has 0 spiro atoms. The lowest BCUT2D eigenvalue weighted by molar-refractivity contribution is -0.141. The summed E-state index contributed by atoms with van der Waals surface area (Å²) in [6.45, 7) is 0. The van der Waals surface area contributed by atoms with Crippen molar-refractivity contribution in [2.24, 2.45) is 0 Å². The highest BCUT2D eigenvalue weighted by atomic mass is 19.4. The van der Waals surface area contributed by atoms with Gasteiger partial charge in [-0.25, -0.2) is 24.6 Å². The van der Waals surface area contributed by atoms with Crippen LogP contribution in [0, 0.1) is 0 Å². The minimum Gasteiger partial charge on any atom is -0.321 e. The lowest BCUT2D eigenvalue weighted by Gasteiger charge is -2.07. The maximum Gasteiger partial charge on any atom is 0.433 e. The van der Waals surface area contributed by atoms with E-state index in [9.17, 15) is 13.2 Å². The summed E-state index contributed by atoms with van der Waals surface area (Å²) >= 11 is 0. The highest BCUT2D eigenvalue weighted by Crippen LogP contribution is 2.28. The molecule has 112 valence electrons. The van der Waals surface area contributed by atoms with Crippen LogP contribution < -0.4 is 5.32 Å². The van der Waals surface area contributed by atoms with E-state index in [1.165, 1.54) is 17.1 Å². The topological polar surface area (TPSA) is 81.4 Å². The lowest BCUT2D eigenvalue weighted by Crippen LogP contribution is -2.09. The van der Waals surface area contributed by atoms with Crippen LogP contribution in [0.5, 0.6) is 0 Å². The van der Waals surface area contributed by atoms with Gasteiger partial charge in [-0.3, -0.25) is 0 Å². The van der Waals surface area contributed by atoms with E-state index >= 15 is 0 Å². The molecule has 3 heterocycles. The van der Waals surface area contributed by atoms with Crippen LogP contribution in [0.2, 0.25) is 0 Å². The number of halogens is 3. The molecule has 0 amide bonds. The van der Waals surface area contributed by atoms with E-state index in [1.54, 1.807) is 18.5 Å². The van der Waals surface area contributed by atoms with Gasteiger partial charge >= 0.3 is 6.18 Å². The predicted molar refractivity (Wildman–Crippen MR) is 69.5 cm³/mol. The first-order valence-corrected chi connectivity index (χ1v) is 6.02. The van der Waals surface area contributed by atoms with Crippen molar-refractivity contribution in [3.05, 3.63) is 48.8 Å². The highest BCUT2D eigenvalue weighted by Gasteiger charge is 2.32. The molecule has 0 aliphatic rings. The lowest BCUT2D eigenvalue weighted by atomic mass is 10.4. The van der Waals surface area contributed by atoms with Gasteiger partial charge in [0.2, 0.25) is 11.9 Å². The van der Waals surface area contributed by atoms with Gasteiger partial charge in [0, 0.05) is 18.6 Å². The van der Waals surface area contributed by atoms with E-state index in [-0.39, 0.29) is 5.95 Å². The van der Waals surface area contributed by atoms with E-state index in [4.69, 9.17) is 0 Å². The molecule has 0 fully saturated rings. The summed E-state index contributed by atoms with van der Waals surface area (Å²) in [5, 5.41) is 6.65. The van der Waals surface area contributed by atoms with Crippen LogP contribution in [0.1, 0.15) is 5.69 Å². The Morgan fingerprint density at radius 2 is 1.82 bits per heavy atom. The Morgan fingerprint density at radius 3 is 2.55 bits per heavy atom. The highest BCUT2D eigenvalue weighted by molar-refractivity contribution is 5.51. The monoisotopic (exact) mass is 307 g/mol. The van der Waals surface area contributed by atoms with Gasteiger partial charge in [0.1, 0.15) is 5.69 Å². The summed E-state index contributed by atoms with van der Waals surface area (Å²) in [6.07, 6.45) is 2.52. The van der Waals surface area contributed by atoms with Crippen molar-refractivity contribution in [2.75, 3.05) is 5.32 Å². The van der Waals surface area contributed by atoms with Crippen LogP contribution in [0.4, 0.5) is 24.8 Å². The van der Waals surface area contributed by atoms with Crippen LogP contribution in [0.25, 0.3) is 5.95 Å². The Kier molecular flexibility index (Phi) is 3.41. The van der Waals surface area contributed by atoms with Gasteiger partial charge in [0.05, 0.1) is 18.1 Å². The Labute approximate surface area is 121 Å². The number of aromatic nitrogens is 6. The fraction of sp³-hybridized carbons (Fsp3) is 0.0833. The Morgan fingerprint density at radius 1 is 1.05 bits per heavy atom. The van der Waals surface area contributed by atoms with Gasteiger partial charge in [-0.2, -0.15) is 18.3 Å². The third-order valence-electron chi connectivity index (χ3n) is 2.54. The molecule has 7 nitrogen and oxygen atoms in total. The molecule has 0 aromatic carbocycles. The fourth-order valence-corrected chi connectivity index (χ4v) is 1.61. The molecule has 1 N–H and O–H groups in total. The minimum atomic E-state index is -4.53. The zero-order valence-corrected chi connectivity index (χ0v) is 10.9. The molecule has 0 unspecified atom stereocenters. The third-order valence-corrected chi connectivity index (χ3v) is 2.54. The molecule has 22 heavy (non-hydrogen) atoms. The summed E-state index contributed by atoms with van der Waals surface area (Å²) in [6, 6.07) is 2.45. The minimum absolute atomic E-state index is 0.177. The molecule has 10 heteroatoms. The SMILES string of the molecule is FC(F)(F)c1ccnc(Nc2cnn(-c3ncccn3)c2)n1. The number of nitrogens with zero attached hydrogens (tertiary/aromatic N) is 6. The van der Waals surface area contributed by atoms with E-state index < -0.39 is 11.9 Å². The van der Waals surface area contributed by atoms with Crippen molar-refractivity contribution in [3.8, 4) is 5.95 Å². The van der Waals surface area contributed by atoms with Gasteiger partial charge in [0.15, 0.2) is 0 Å². The standard InChI is InChI=1S/C12H8F3N7/c13-12(14,15)9-2-5-16-10(21-9)20-8-6-19-22(7-8)11-17-3-1-4-18-11/h1-7H,(H,16,20,21). The van der Waals surface area contributed by atoms with Gasteiger partial charge < -0.3 is 5.32 Å². The van der Waals surface area contributed by atoms with Crippen molar-refractivity contribution < 1.29 is 13.2 Å². The van der Waals surface area contributed by atoms with E-state index in [0.29, 0.717) is 11.6 Å². The summed E-state index contributed by atoms with van der Waals surface area (Å²) in [4.78, 5) is 15.1. The molecule has 0 saturated carbocycles. The van der Waals surface area contributed by atoms with Gasteiger partial charge in [-0.15, -0.1) is 0 Å². The maximum atomic E-state index is 12.6. The largest absolute Gasteiger partial charge is 0.433 e. The van der Waals surface area contributed by atoms with Gasteiger partial charge in [0.25, 0.3) is 0 Å². The van der Waals surface area contributed by atoms with Crippen LogP contribution in [-0.4, -0.2) is 29.7 Å². The molecule has 0 radical (unpaired) electrons. The molecule has 0 saturated heterocycles. The fourth-order valence-electron chi connectivity index (χ4n) is 1.61. The number of nitrogens with one attached hydrogen (secondary N) is 1. The Bertz CT molecular complexity index is 770. The molecular weight excluding hydrogens is 299 g/mol. The summed E-state index contributed by atoms with van der Waals surface area (Å²) in [5.41, 5.74) is -0.615. The van der Waals surface area contributed by atoms with Crippen molar-refractivity contribution in [1.29, 1.82) is 0 Å². The Balaban J connectivity index is 1.81. The average molecular weight is 307 g/mol. The normalized spacial score (nSPS) is 11.4. The number of alkyl halides is 3. The van der Waals surface area contributed by atoms with Crippen molar-refractivity contribution in [2.45, 2.75) is 6.18 Å². The first-order valence-electron chi connectivity index (χ1n) is 6.02. The first-order chi connectivity index (χ1) is 10.5. The second kappa shape index (κ2) is 5.39. The summed E-state index contributed by atoms with van der Waals surface area (Å²) in [7, 11) is 0. The number of anilines is 2. The number of rotatable bonds is 3. The van der Waals surface area contributed by atoms with E-state index in [1.807, 2.05) is 0 Å². The number of hydrogen-bond donors (Lipinski definition) is 1. The van der Waals surface area contributed by atoms with Crippen LogP contribution in [0.15, 0.2) is 43.1 Å². The van der Waals surface area contributed by atoms with E-state index in [0.717, 1.165) is 12.3 Å². The van der Waals surface area contributed by atoms with Crippen molar-refractivity contribution in [1.82, 2.24) is 29.7 Å². The van der Waals surface area contributed by atoms with Gasteiger partial charge in [-0.05, 0) is 12.1 Å². The second-order valence-electron chi connectivity index (χ2n) is 4.11. The zero-order valence-electron chi connectivity index (χ0n) is 10.9. The zero-order chi connectivity index (χ0) is 15.6. The summed E-state index contributed by atoms with van der Waals surface area (Å²) < 4.78 is 39.1. The van der Waals surface area contributed by atoms with Crippen molar-refractivity contribution >= 4 is 11.6 Å². The van der Waals surface area contributed by atoms with Crippen LogP contribution in [-0.2, 0) is 6.18 Å². The molecule has 0 atom stereocenters. The van der Waals surface area contributed by atoms with Crippen LogP contribution in [0.3, 0.4) is 0 Å². The average Bonchev–Trinajstić information content (AvgIpc) is 2.96. The molecule has 3 rings (SSSR count). The molecule has 0 bridgehead atoms. The molecular formula is C12H8F3N7. The Hall–Kier alpha value is -3.04. The molecule has 0 aliphatic heterocycles. The summed E-state index contributed by atoms with van der Waals surface area (Å²) in [5.74, 6) is 0.156. The van der Waals surface area contributed by atoms with Crippen molar-refractivity contribution in [3.63, 3.8) is 0 Å². The number of hydrogen-bond acceptors (Lipinski definition) is 6. The van der Waals surface area contributed by atoms with Crippen LogP contribution >= 0.6 is 0 Å². The maximum absolute atomic E-state index is 12.6. The quantitative estimate of drug-likeness (QED) is 0.799. The van der Waals surface area contributed by atoms with E-state index in [2.05, 4.69) is 30.4 Å².